The number of fused-ring (bicyclic) bond motifs is 2. The smallest absolute Gasteiger partial charge is 0.355 e. The van der Waals surface area contributed by atoms with E-state index in [1.165, 1.54) is 0 Å². The van der Waals surface area contributed by atoms with Gasteiger partial charge in [0.05, 0.1) is 31.8 Å². The molecule has 0 aliphatic heterocycles. The number of non-ortho nitro benzene ring substituents is 4. The molecular weight excluding hydrogens is 604 g/mol. The zero-order chi connectivity index (χ0) is 30.6. The van der Waals surface area contributed by atoms with Gasteiger partial charge in [0, 0.05) is 22.9 Å². The van der Waals surface area contributed by atoms with Crippen LogP contribution in [0.2, 0.25) is 0 Å². The largest absolute Gasteiger partial charge is 0.414 e. The summed E-state index contributed by atoms with van der Waals surface area (Å²) < 4.78 is 61.2. The van der Waals surface area contributed by atoms with E-state index >= 15 is 0 Å². The quantitative estimate of drug-likeness (QED) is 0.155. The SMILES string of the molecule is O=c1oc2c([N+](=O)[O-])cc([N+](=O)[O-])cc2cc1S(=O)(=O)CS(=O)(=O)c1cc2cc([N+](=O)[O-])cc([N+](=O)[O-])c2oc1=O. The fraction of sp³-hybridized carbons (Fsp3) is 0.0526. The lowest BCUT2D eigenvalue weighted by Gasteiger charge is -2.07. The monoisotopic (exact) mass is 612 g/mol. The minimum absolute atomic E-state index is 0.404. The molecule has 20 nitrogen and oxygen atoms in total. The van der Waals surface area contributed by atoms with E-state index < -0.39 is 110 Å². The lowest BCUT2D eigenvalue weighted by atomic mass is 10.2. The molecular formula is C19H8N4O16S2. The third kappa shape index (κ3) is 5.06. The highest BCUT2D eigenvalue weighted by Gasteiger charge is 2.34. The molecule has 212 valence electrons. The number of rotatable bonds is 8. The van der Waals surface area contributed by atoms with E-state index in [9.17, 15) is 66.9 Å². The summed E-state index contributed by atoms with van der Waals surface area (Å²) >= 11 is 0. The van der Waals surface area contributed by atoms with Crippen molar-refractivity contribution in [3.63, 3.8) is 0 Å². The molecule has 22 heteroatoms. The van der Waals surface area contributed by atoms with Gasteiger partial charge in [-0.15, -0.1) is 0 Å². The zero-order valence-corrected chi connectivity index (χ0v) is 20.9. The zero-order valence-electron chi connectivity index (χ0n) is 19.3. The summed E-state index contributed by atoms with van der Waals surface area (Å²) in [5, 5.41) is 41.5. The third-order valence-corrected chi connectivity index (χ3v) is 9.72. The average Bonchev–Trinajstić information content (AvgIpc) is 2.85. The second kappa shape index (κ2) is 9.53. The summed E-state index contributed by atoms with van der Waals surface area (Å²) in [4.78, 5) is 62.5. The van der Waals surface area contributed by atoms with E-state index in [1.807, 2.05) is 0 Å². The van der Waals surface area contributed by atoms with E-state index in [0.717, 1.165) is 0 Å². The maximum absolute atomic E-state index is 13.0. The fourth-order valence-electron chi connectivity index (χ4n) is 3.61. The Morgan fingerprint density at radius 1 is 0.561 bits per heavy atom. The lowest BCUT2D eigenvalue weighted by molar-refractivity contribution is -0.393. The first kappa shape index (κ1) is 28.4. The average molecular weight is 612 g/mol. The van der Waals surface area contributed by atoms with Crippen molar-refractivity contribution in [3.05, 3.63) is 97.7 Å². The van der Waals surface area contributed by atoms with Crippen LogP contribution in [-0.2, 0) is 19.7 Å². The van der Waals surface area contributed by atoms with E-state index in [1.54, 1.807) is 0 Å². The second-order valence-electron chi connectivity index (χ2n) is 7.94. The molecule has 0 amide bonds. The van der Waals surface area contributed by atoms with Crippen molar-refractivity contribution < 1.29 is 45.4 Å². The highest BCUT2D eigenvalue weighted by molar-refractivity contribution is 8.08. The highest BCUT2D eigenvalue weighted by atomic mass is 32.3. The molecule has 4 aromatic rings. The molecule has 2 aromatic carbocycles. The Labute approximate surface area is 222 Å². The van der Waals surface area contributed by atoms with Gasteiger partial charge in [-0.2, -0.15) is 0 Å². The summed E-state index contributed by atoms with van der Waals surface area (Å²) in [6.45, 7) is 0. The van der Waals surface area contributed by atoms with E-state index in [2.05, 4.69) is 8.83 Å². The Morgan fingerprint density at radius 2 is 0.902 bits per heavy atom. The van der Waals surface area contributed by atoms with Crippen molar-refractivity contribution in [2.24, 2.45) is 0 Å². The van der Waals surface area contributed by atoms with Gasteiger partial charge in [-0.25, -0.2) is 26.4 Å². The summed E-state index contributed by atoms with van der Waals surface area (Å²) in [6, 6.07) is 2.94. The van der Waals surface area contributed by atoms with Crippen molar-refractivity contribution in [3.8, 4) is 0 Å². The first-order chi connectivity index (χ1) is 18.9. The standard InChI is InChI=1S/C19H8N4O16S2/c24-18-14(3-8-1-10(20(26)27)5-12(22(30)31)16(8)38-18)40(34,35)7-41(36,37)15-4-9-2-11(21(28)29)6-13(23(32)33)17(9)39-19(15)25/h1-6H,7H2. The molecule has 0 bridgehead atoms. The van der Waals surface area contributed by atoms with Crippen LogP contribution in [0.25, 0.3) is 21.9 Å². The number of hydrogen-bond acceptors (Lipinski definition) is 16. The summed E-state index contributed by atoms with van der Waals surface area (Å²) in [7, 11) is -10.6. The van der Waals surface area contributed by atoms with Crippen LogP contribution in [-0.4, -0.2) is 41.6 Å². The van der Waals surface area contributed by atoms with Gasteiger partial charge in [-0.3, -0.25) is 40.5 Å². The molecule has 0 unspecified atom stereocenters. The minimum Gasteiger partial charge on any atom is -0.414 e. The number of nitro benzene ring substituents is 4. The van der Waals surface area contributed by atoms with Crippen molar-refractivity contribution in [2.45, 2.75) is 9.79 Å². The number of nitro groups is 4. The Balaban J connectivity index is 1.89. The first-order valence-electron chi connectivity index (χ1n) is 10.2. The van der Waals surface area contributed by atoms with Crippen LogP contribution in [0, 0.1) is 40.5 Å². The van der Waals surface area contributed by atoms with E-state index in [-0.39, 0.29) is 0 Å². The van der Waals surface area contributed by atoms with Crippen LogP contribution in [0.15, 0.2) is 64.6 Å². The van der Waals surface area contributed by atoms with Crippen LogP contribution < -0.4 is 11.3 Å². The summed E-state index contributed by atoms with van der Waals surface area (Å²) in [6.07, 6.45) is 0. The van der Waals surface area contributed by atoms with Gasteiger partial charge in [0.1, 0.15) is 0 Å². The minimum atomic E-state index is -5.30. The van der Waals surface area contributed by atoms with Crippen molar-refractivity contribution in [1.29, 1.82) is 0 Å². The van der Waals surface area contributed by atoms with Crippen molar-refractivity contribution in [2.75, 3.05) is 5.08 Å². The Morgan fingerprint density at radius 3 is 1.20 bits per heavy atom. The fourth-order valence-corrected chi connectivity index (χ4v) is 7.46. The van der Waals surface area contributed by atoms with E-state index in [4.69, 9.17) is 0 Å². The summed E-state index contributed by atoms with van der Waals surface area (Å²) in [5.41, 5.74) is -9.23. The topological polar surface area (TPSA) is 301 Å². The molecule has 0 atom stereocenters. The van der Waals surface area contributed by atoms with Crippen molar-refractivity contribution in [1.82, 2.24) is 0 Å². The summed E-state index contributed by atoms with van der Waals surface area (Å²) in [5.74, 6) is 0. The van der Waals surface area contributed by atoms with Crippen LogP contribution in [0.4, 0.5) is 22.7 Å². The number of sulfone groups is 2. The van der Waals surface area contributed by atoms with Gasteiger partial charge in [0.2, 0.25) is 11.2 Å². The normalized spacial score (nSPS) is 11.9. The van der Waals surface area contributed by atoms with E-state index in [0.29, 0.717) is 36.4 Å². The van der Waals surface area contributed by atoms with Crippen LogP contribution in [0.3, 0.4) is 0 Å². The molecule has 0 spiro atoms. The Bertz CT molecular complexity index is 2060. The van der Waals surface area contributed by atoms with Crippen molar-refractivity contribution >= 4 is 64.4 Å². The molecule has 0 aliphatic rings. The maximum atomic E-state index is 13.0. The number of nitrogens with zero attached hydrogens (tertiary/aromatic N) is 4. The number of benzene rings is 2. The third-order valence-electron chi connectivity index (χ3n) is 5.33. The Kier molecular flexibility index (Phi) is 6.59. The molecule has 0 N–H and O–H groups in total. The van der Waals surface area contributed by atoms with Crippen LogP contribution in [0.5, 0.6) is 0 Å². The van der Waals surface area contributed by atoms with Gasteiger partial charge in [-0.1, -0.05) is 0 Å². The highest BCUT2D eigenvalue weighted by Crippen LogP contribution is 2.33. The molecule has 0 aliphatic carbocycles. The van der Waals surface area contributed by atoms with Gasteiger partial charge < -0.3 is 8.83 Å². The van der Waals surface area contributed by atoms with Gasteiger partial charge >= 0.3 is 22.6 Å². The molecule has 41 heavy (non-hydrogen) atoms. The molecule has 2 aromatic heterocycles. The number of hydrogen-bond donors (Lipinski definition) is 0. The van der Waals surface area contributed by atoms with Gasteiger partial charge in [-0.05, 0) is 12.1 Å². The molecule has 4 rings (SSSR count). The molecule has 0 saturated heterocycles. The molecule has 0 saturated carbocycles. The Hall–Kier alpha value is -5.64. The molecule has 0 fully saturated rings. The predicted octanol–water partition coefficient (Wildman–Crippen LogP) is 1.74. The van der Waals surface area contributed by atoms with Gasteiger partial charge in [0.15, 0.2) is 34.6 Å². The van der Waals surface area contributed by atoms with Crippen LogP contribution in [0.1, 0.15) is 0 Å². The van der Waals surface area contributed by atoms with Gasteiger partial charge in [0.25, 0.3) is 11.4 Å². The lowest BCUT2D eigenvalue weighted by Crippen LogP contribution is -2.25. The molecule has 2 heterocycles. The van der Waals surface area contributed by atoms with Crippen LogP contribution >= 0.6 is 0 Å². The maximum Gasteiger partial charge on any atom is 0.355 e. The first-order valence-corrected chi connectivity index (χ1v) is 13.5. The predicted molar refractivity (Wildman–Crippen MR) is 131 cm³/mol. The molecule has 0 radical (unpaired) electrons. The second-order valence-corrected chi connectivity index (χ2v) is 12.2.